The number of ether oxygens (including phenoxy) is 3. The SMILES string of the molecule is CCS(=O)(=O)c1ccc(C(C=O)Oc2ccc(C#N)cc2C(F)(F)F)cc1.CNc1nc2cc(OC)c(OC)cc2s1. The molecule has 1 atom stereocenters. The zero-order chi connectivity index (χ0) is 31.1. The van der Waals surface area contributed by atoms with Crippen molar-refractivity contribution in [1.82, 2.24) is 4.98 Å². The molecule has 222 valence electrons. The minimum Gasteiger partial charge on any atom is -0.493 e. The number of anilines is 1. The number of carbonyl (C=O) groups excluding carboxylic acids is 1. The Hall–Kier alpha value is -4.35. The van der Waals surface area contributed by atoms with Crippen LogP contribution < -0.4 is 19.5 Å². The fourth-order valence-electron chi connectivity index (χ4n) is 3.63. The highest BCUT2D eigenvalue weighted by Gasteiger charge is 2.35. The third-order valence-corrected chi connectivity index (χ3v) is 8.63. The van der Waals surface area contributed by atoms with Crippen molar-refractivity contribution in [1.29, 1.82) is 5.26 Å². The molecule has 0 saturated heterocycles. The van der Waals surface area contributed by atoms with E-state index in [4.69, 9.17) is 19.5 Å². The van der Waals surface area contributed by atoms with Crippen LogP contribution in [0.15, 0.2) is 59.5 Å². The van der Waals surface area contributed by atoms with Crippen LogP contribution in [-0.2, 0) is 20.8 Å². The van der Waals surface area contributed by atoms with Gasteiger partial charge in [0, 0.05) is 19.2 Å². The monoisotopic (exact) mass is 621 g/mol. The third-order valence-electron chi connectivity index (χ3n) is 5.85. The summed E-state index contributed by atoms with van der Waals surface area (Å²) in [5.74, 6) is 0.721. The number of hydrogen-bond donors (Lipinski definition) is 1. The molecule has 0 aliphatic rings. The average molecular weight is 622 g/mol. The number of rotatable bonds is 9. The Kier molecular flexibility index (Phi) is 10.4. The fourth-order valence-corrected chi connectivity index (χ4v) is 5.34. The maximum Gasteiger partial charge on any atom is 0.420 e. The molecule has 1 unspecified atom stereocenters. The van der Waals surface area contributed by atoms with E-state index in [0.717, 1.165) is 33.2 Å². The molecule has 0 aliphatic carbocycles. The molecule has 4 aromatic rings. The van der Waals surface area contributed by atoms with Gasteiger partial charge in [-0.2, -0.15) is 18.4 Å². The molecule has 0 saturated carbocycles. The van der Waals surface area contributed by atoms with E-state index < -0.39 is 33.4 Å². The predicted molar refractivity (Wildman–Crippen MR) is 152 cm³/mol. The number of nitrogens with one attached hydrogen (secondary N) is 1. The second-order valence-electron chi connectivity index (χ2n) is 8.41. The number of thiazole rings is 1. The zero-order valence-corrected chi connectivity index (χ0v) is 24.5. The maximum absolute atomic E-state index is 13.2. The number of aldehydes is 1. The predicted octanol–water partition coefficient (Wildman–Crippen LogP) is 6.04. The summed E-state index contributed by atoms with van der Waals surface area (Å²) < 4.78 is 79.9. The lowest BCUT2D eigenvalue weighted by molar-refractivity contribution is -0.139. The largest absolute Gasteiger partial charge is 0.493 e. The van der Waals surface area contributed by atoms with Gasteiger partial charge in [-0.05, 0) is 35.9 Å². The first-order valence-corrected chi connectivity index (χ1v) is 14.6. The molecule has 4 rings (SSSR count). The third kappa shape index (κ3) is 7.48. The fraction of sp³-hybridized carbons (Fsp3) is 0.250. The van der Waals surface area contributed by atoms with Crippen LogP contribution in [0.3, 0.4) is 0 Å². The van der Waals surface area contributed by atoms with Crippen LogP contribution in [0.25, 0.3) is 10.2 Å². The van der Waals surface area contributed by atoms with Crippen LogP contribution in [0.1, 0.15) is 29.7 Å². The normalized spacial score (nSPS) is 12.0. The number of halogens is 3. The van der Waals surface area contributed by atoms with Gasteiger partial charge in [0.1, 0.15) is 5.75 Å². The molecule has 42 heavy (non-hydrogen) atoms. The van der Waals surface area contributed by atoms with Gasteiger partial charge < -0.3 is 19.5 Å². The van der Waals surface area contributed by atoms with Crippen molar-refractivity contribution < 1.29 is 40.6 Å². The van der Waals surface area contributed by atoms with E-state index in [1.54, 1.807) is 31.6 Å². The molecule has 3 aromatic carbocycles. The lowest BCUT2D eigenvalue weighted by atomic mass is 10.1. The number of alkyl halides is 3. The average Bonchev–Trinajstić information content (AvgIpc) is 3.41. The van der Waals surface area contributed by atoms with Crippen molar-refractivity contribution in [3.63, 3.8) is 0 Å². The van der Waals surface area contributed by atoms with Crippen LogP contribution in [-0.4, -0.2) is 46.7 Å². The summed E-state index contributed by atoms with van der Waals surface area (Å²) in [4.78, 5) is 15.8. The van der Waals surface area contributed by atoms with E-state index in [-0.39, 0.29) is 21.8 Å². The van der Waals surface area contributed by atoms with Crippen molar-refractivity contribution in [2.24, 2.45) is 0 Å². The smallest absolute Gasteiger partial charge is 0.420 e. The molecule has 0 amide bonds. The van der Waals surface area contributed by atoms with E-state index in [2.05, 4.69) is 10.3 Å². The van der Waals surface area contributed by atoms with Gasteiger partial charge in [0.25, 0.3) is 0 Å². The van der Waals surface area contributed by atoms with Gasteiger partial charge in [0.15, 0.2) is 38.9 Å². The van der Waals surface area contributed by atoms with E-state index in [1.165, 1.54) is 31.2 Å². The summed E-state index contributed by atoms with van der Waals surface area (Å²) in [6, 6.07) is 13.3. The van der Waals surface area contributed by atoms with Gasteiger partial charge in [0.2, 0.25) is 0 Å². The molecule has 1 aromatic heterocycles. The second-order valence-corrected chi connectivity index (χ2v) is 11.7. The van der Waals surface area contributed by atoms with E-state index in [1.807, 2.05) is 19.2 Å². The van der Waals surface area contributed by atoms with E-state index >= 15 is 0 Å². The van der Waals surface area contributed by atoms with Gasteiger partial charge in [-0.1, -0.05) is 30.4 Å². The highest BCUT2D eigenvalue weighted by molar-refractivity contribution is 7.91. The molecule has 14 heteroatoms. The number of aromatic nitrogens is 1. The van der Waals surface area contributed by atoms with E-state index in [0.29, 0.717) is 18.1 Å². The Morgan fingerprint density at radius 2 is 1.69 bits per heavy atom. The molecule has 9 nitrogen and oxygen atoms in total. The molecule has 0 radical (unpaired) electrons. The number of benzene rings is 3. The van der Waals surface area contributed by atoms with Crippen LogP contribution in [0.4, 0.5) is 18.3 Å². The summed E-state index contributed by atoms with van der Waals surface area (Å²) in [5, 5.41) is 12.7. The number of nitrogens with zero attached hydrogens (tertiary/aromatic N) is 2. The Balaban J connectivity index is 0.000000271. The minimum absolute atomic E-state index is 0.0350. The number of fused-ring (bicyclic) bond motifs is 1. The topological polar surface area (TPSA) is 128 Å². The highest BCUT2D eigenvalue weighted by Crippen LogP contribution is 2.39. The molecule has 0 aliphatic heterocycles. The lowest BCUT2D eigenvalue weighted by Crippen LogP contribution is -2.14. The first-order valence-electron chi connectivity index (χ1n) is 12.2. The maximum atomic E-state index is 13.2. The standard InChI is InChI=1S/C18H14F3NO4S.C10H12N2O2S/c1-2-27(24,25)14-6-4-13(5-7-14)17(11-23)26-16-8-3-12(10-22)9-15(16)18(19,20)21;1-11-10-12-6-4-7(13-2)8(14-3)5-9(6)15-10/h3-9,11,17H,2H2,1H3;4-5H,1-3H3,(H,11,12). The van der Waals surface area contributed by atoms with Gasteiger partial charge in [-0.3, -0.25) is 4.79 Å². The van der Waals surface area contributed by atoms with Crippen molar-refractivity contribution in [3.8, 4) is 23.3 Å². The number of carbonyl (C=O) groups is 1. The van der Waals surface area contributed by atoms with Crippen molar-refractivity contribution >= 4 is 42.8 Å². The van der Waals surface area contributed by atoms with Crippen LogP contribution in [0.2, 0.25) is 0 Å². The van der Waals surface area contributed by atoms with Crippen molar-refractivity contribution in [3.05, 3.63) is 71.3 Å². The number of nitriles is 1. The number of methoxy groups -OCH3 is 2. The molecule has 0 bridgehead atoms. The molecule has 1 N–H and O–H groups in total. The summed E-state index contributed by atoms with van der Waals surface area (Å²) in [7, 11) is 1.65. The van der Waals surface area contributed by atoms with Crippen LogP contribution in [0.5, 0.6) is 17.2 Å². The summed E-state index contributed by atoms with van der Waals surface area (Å²) in [6.07, 6.45) is -5.85. The molecule has 0 fully saturated rings. The second kappa shape index (κ2) is 13.5. The Labute approximate surface area is 244 Å². The van der Waals surface area contributed by atoms with Crippen molar-refractivity contribution in [2.45, 2.75) is 24.1 Å². The van der Waals surface area contributed by atoms with Gasteiger partial charge in [-0.25, -0.2) is 13.4 Å². The summed E-state index contributed by atoms with van der Waals surface area (Å²) >= 11 is 1.59. The van der Waals surface area contributed by atoms with Gasteiger partial charge in [0.05, 0.1) is 52.3 Å². The quantitative estimate of drug-likeness (QED) is 0.222. The van der Waals surface area contributed by atoms with E-state index in [9.17, 15) is 26.4 Å². The summed E-state index contributed by atoms with van der Waals surface area (Å²) in [5.41, 5.74) is -0.274. The Morgan fingerprint density at radius 3 is 2.21 bits per heavy atom. The first-order chi connectivity index (χ1) is 19.9. The van der Waals surface area contributed by atoms with Gasteiger partial charge in [-0.15, -0.1) is 0 Å². The van der Waals surface area contributed by atoms with Crippen molar-refractivity contribution in [2.75, 3.05) is 32.3 Å². The van der Waals surface area contributed by atoms with Gasteiger partial charge >= 0.3 is 6.18 Å². The lowest BCUT2D eigenvalue weighted by Gasteiger charge is -2.18. The number of hydrogen-bond acceptors (Lipinski definition) is 10. The Bertz CT molecular complexity index is 1660. The number of sulfone groups is 1. The summed E-state index contributed by atoms with van der Waals surface area (Å²) in [6.45, 7) is 1.48. The molecular weight excluding hydrogens is 595 g/mol. The zero-order valence-electron chi connectivity index (χ0n) is 22.9. The Morgan fingerprint density at radius 1 is 1.05 bits per heavy atom. The highest BCUT2D eigenvalue weighted by atomic mass is 32.2. The van der Waals surface area contributed by atoms with Crippen LogP contribution in [0, 0.1) is 11.3 Å². The first kappa shape index (κ1) is 32.2. The van der Waals surface area contributed by atoms with Crippen LogP contribution >= 0.6 is 11.3 Å². The minimum atomic E-state index is -4.78. The molecule has 1 heterocycles. The molecular formula is C28H26F3N3O6S2. The molecule has 0 spiro atoms.